The summed E-state index contributed by atoms with van der Waals surface area (Å²) in [5, 5.41) is 0.362. The predicted molar refractivity (Wildman–Crippen MR) is 82.6 cm³/mol. The van der Waals surface area contributed by atoms with Gasteiger partial charge in [0.15, 0.2) is 0 Å². The number of hydrogen-bond donors (Lipinski definition) is 0. The Morgan fingerprint density at radius 3 is 3.00 bits per heavy atom. The highest BCUT2D eigenvalue weighted by molar-refractivity contribution is 7.99. The lowest BCUT2D eigenvalue weighted by atomic mass is 10.1. The van der Waals surface area contributed by atoms with Gasteiger partial charge in [0.25, 0.3) is 5.91 Å². The summed E-state index contributed by atoms with van der Waals surface area (Å²) in [4.78, 5) is 18.7. The Balaban J connectivity index is 2.19. The Morgan fingerprint density at radius 2 is 2.40 bits per heavy atom. The molecule has 2 rings (SSSR count). The first kappa shape index (κ1) is 15.6. The number of aromatic nitrogens is 1. The van der Waals surface area contributed by atoms with Crippen LogP contribution in [-0.2, 0) is 4.74 Å². The minimum atomic E-state index is 0.0157. The first-order valence-corrected chi connectivity index (χ1v) is 8.17. The molecule has 0 radical (unpaired) electrons. The third-order valence-corrected chi connectivity index (χ3v) is 4.65. The zero-order valence-corrected chi connectivity index (χ0v) is 13.3. The van der Waals surface area contributed by atoms with Crippen LogP contribution in [0, 0.1) is 6.92 Å². The lowest BCUT2D eigenvalue weighted by Gasteiger charge is -2.28. The lowest BCUT2D eigenvalue weighted by molar-refractivity contribution is 0.0624. The van der Waals surface area contributed by atoms with Crippen LogP contribution in [0.5, 0.6) is 0 Å². The molecule has 0 bridgehead atoms. The number of nitrogens with zero attached hydrogens (tertiary/aromatic N) is 2. The van der Waals surface area contributed by atoms with E-state index in [2.05, 4.69) is 4.98 Å². The molecule has 1 fully saturated rings. The summed E-state index contributed by atoms with van der Waals surface area (Å²) in [5.41, 5.74) is 1.36. The molecule has 0 spiro atoms. The molecule has 1 saturated heterocycles. The first-order valence-electron chi connectivity index (χ1n) is 6.63. The topological polar surface area (TPSA) is 42.4 Å². The number of methoxy groups -OCH3 is 1. The summed E-state index contributed by atoms with van der Waals surface area (Å²) in [5.74, 6) is 2.12. The average molecular weight is 315 g/mol. The number of pyridine rings is 1. The third kappa shape index (κ3) is 3.87. The van der Waals surface area contributed by atoms with Gasteiger partial charge in [-0.25, -0.2) is 4.98 Å². The van der Waals surface area contributed by atoms with Crippen molar-refractivity contribution in [2.24, 2.45) is 0 Å². The van der Waals surface area contributed by atoms with E-state index in [1.54, 1.807) is 19.2 Å². The summed E-state index contributed by atoms with van der Waals surface area (Å²) in [6, 6.07) is 3.71. The van der Waals surface area contributed by atoms with Crippen molar-refractivity contribution in [1.82, 2.24) is 9.88 Å². The number of carbonyl (C=O) groups is 1. The molecule has 0 aromatic carbocycles. The first-order chi connectivity index (χ1) is 9.61. The second-order valence-electron chi connectivity index (χ2n) is 4.83. The smallest absolute Gasteiger partial charge is 0.254 e. The van der Waals surface area contributed by atoms with E-state index in [-0.39, 0.29) is 11.9 Å². The van der Waals surface area contributed by atoms with Gasteiger partial charge in [0, 0.05) is 36.7 Å². The Morgan fingerprint density at radius 1 is 1.60 bits per heavy atom. The molecule has 110 valence electrons. The Kier molecular flexibility index (Phi) is 5.69. The molecule has 1 aromatic heterocycles. The summed E-state index contributed by atoms with van der Waals surface area (Å²) < 4.78 is 5.13. The fourth-order valence-corrected chi connectivity index (χ4v) is 3.80. The van der Waals surface area contributed by atoms with E-state index in [0.717, 1.165) is 23.6 Å². The van der Waals surface area contributed by atoms with Crippen molar-refractivity contribution in [3.63, 3.8) is 0 Å². The van der Waals surface area contributed by atoms with Crippen molar-refractivity contribution >= 4 is 29.3 Å². The maximum atomic E-state index is 12.7. The van der Waals surface area contributed by atoms with Gasteiger partial charge in [-0.15, -0.1) is 0 Å². The maximum absolute atomic E-state index is 12.7. The summed E-state index contributed by atoms with van der Waals surface area (Å²) in [6.07, 6.45) is 1.04. The van der Waals surface area contributed by atoms with Crippen molar-refractivity contribution in [3.05, 3.63) is 28.5 Å². The second-order valence-corrected chi connectivity index (χ2v) is 6.37. The van der Waals surface area contributed by atoms with Crippen molar-refractivity contribution in [2.45, 2.75) is 19.4 Å². The average Bonchev–Trinajstić information content (AvgIpc) is 2.91. The van der Waals surface area contributed by atoms with Crippen LogP contribution in [0.2, 0.25) is 5.15 Å². The van der Waals surface area contributed by atoms with E-state index in [9.17, 15) is 4.79 Å². The quantitative estimate of drug-likeness (QED) is 0.784. The molecule has 2 heterocycles. The van der Waals surface area contributed by atoms with Crippen LogP contribution < -0.4 is 0 Å². The number of thioether (sulfide) groups is 1. The van der Waals surface area contributed by atoms with Gasteiger partial charge in [-0.2, -0.15) is 11.8 Å². The molecule has 1 unspecified atom stereocenters. The highest BCUT2D eigenvalue weighted by Gasteiger charge is 2.27. The zero-order chi connectivity index (χ0) is 14.5. The molecule has 0 aliphatic carbocycles. The Bertz CT molecular complexity index is 458. The standard InChI is InChI=1S/C14H19ClN2O2S/c1-10-7-11(8-13(15)16-10)14(18)17(4-5-19-2)12-3-6-20-9-12/h7-8,12H,3-6,9H2,1-2H3. The molecule has 1 atom stereocenters. The predicted octanol–water partition coefficient (Wildman–Crippen LogP) is 2.64. The van der Waals surface area contributed by atoms with E-state index in [1.807, 2.05) is 23.6 Å². The van der Waals surface area contributed by atoms with E-state index in [0.29, 0.717) is 23.9 Å². The van der Waals surface area contributed by atoms with Crippen LogP contribution in [0.3, 0.4) is 0 Å². The number of hydrogen-bond acceptors (Lipinski definition) is 4. The summed E-state index contributed by atoms with van der Waals surface area (Å²) in [7, 11) is 1.65. The molecule has 6 heteroatoms. The minimum absolute atomic E-state index is 0.0157. The van der Waals surface area contributed by atoms with Crippen LogP contribution in [0.1, 0.15) is 22.5 Å². The van der Waals surface area contributed by atoms with Gasteiger partial charge in [0.05, 0.1) is 6.61 Å². The molecule has 1 aliphatic rings. The summed E-state index contributed by atoms with van der Waals surface area (Å²) >= 11 is 7.84. The van der Waals surface area contributed by atoms with E-state index >= 15 is 0 Å². The van der Waals surface area contributed by atoms with Gasteiger partial charge in [-0.1, -0.05) is 11.6 Å². The Hall–Kier alpha value is -0.780. The van der Waals surface area contributed by atoms with Crippen LogP contribution in [-0.4, -0.2) is 53.6 Å². The fourth-order valence-electron chi connectivity index (χ4n) is 2.32. The van der Waals surface area contributed by atoms with Crippen molar-refractivity contribution in [3.8, 4) is 0 Å². The molecular weight excluding hydrogens is 296 g/mol. The van der Waals surface area contributed by atoms with Gasteiger partial charge >= 0.3 is 0 Å². The zero-order valence-electron chi connectivity index (χ0n) is 11.8. The van der Waals surface area contributed by atoms with Crippen molar-refractivity contribution < 1.29 is 9.53 Å². The molecule has 1 aliphatic heterocycles. The van der Waals surface area contributed by atoms with Crippen molar-refractivity contribution in [1.29, 1.82) is 0 Å². The summed E-state index contributed by atoms with van der Waals surface area (Å²) in [6.45, 7) is 3.00. The van der Waals surface area contributed by atoms with Crippen LogP contribution in [0.25, 0.3) is 0 Å². The molecule has 4 nitrogen and oxygen atoms in total. The maximum Gasteiger partial charge on any atom is 0.254 e. The Labute approximate surface area is 128 Å². The van der Waals surface area contributed by atoms with Crippen LogP contribution >= 0.6 is 23.4 Å². The molecule has 20 heavy (non-hydrogen) atoms. The monoisotopic (exact) mass is 314 g/mol. The highest BCUT2D eigenvalue weighted by atomic mass is 35.5. The van der Waals surface area contributed by atoms with E-state index < -0.39 is 0 Å². The number of amides is 1. The lowest BCUT2D eigenvalue weighted by Crippen LogP contribution is -2.42. The molecule has 0 saturated carbocycles. The highest BCUT2D eigenvalue weighted by Crippen LogP contribution is 2.24. The van der Waals surface area contributed by atoms with Crippen LogP contribution in [0.15, 0.2) is 12.1 Å². The number of rotatable bonds is 5. The van der Waals surface area contributed by atoms with Gasteiger partial charge in [-0.3, -0.25) is 4.79 Å². The van der Waals surface area contributed by atoms with E-state index in [4.69, 9.17) is 16.3 Å². The van der Waals surface area contributed by atoms with E-state index in [1.165, 1.54) is 0 Å². The molecule has 0 N–H and O–H groups in total. The number of carbonyl (C=O) groups excluding carboxylic acids is 1. The van der Waals surface area contributed by atoms with Gasteiger partial charge < -0.3 is 9.64 Å². The van der Waals surface area contributed by atoms with Crippen LogP contribution in [0.4, 0.5) is 0 Å². The van der Waals surface area contributed by atoms with Crippen molar-refractivity contribution in [2.75, 3.05) is 31.8 Å². The minimum Gasteiger partial charge on any atom is -0.383 e. The molecular formula is C14H19ClN2O2S. The van der Waals surface area contributed by atoms with Gasteiger partial charge in [0.1, 0.15) is 5.15 Å². The third-order valence-electron chi connectivity index (χ3n) is 3.31. The molecule has 1 amide bonds. The fraction of sp³-hybridized carbons (Fsp3) is 0.571. The largest absolute Gasteiger partial charge is 0.383 e. The SMILES string of the molecule is COCCN(C(=O)c1cc(C)nc(Cl)c1)C1CCSC1. The van der Waals surface area contributed by atoms with Gasteiger partial charge in [0.2, 0.25) is 0 Å². The number of ether oxygens (including phenoxy) is 1. The molecule has 1 aromatic rings. The normalized spacial score (nSPS) is 18.2. The van der Waals surface area contributed by atoms with Gasteiger partial charge in [-0.05, 0) is 31.2 Å². The number of halogens is 1. The second kappa shape index (κ2) is 7.29. The number of aryl methyl sites for hydroxylation is 1.